The van der Waals surface area contributed by atoms with Crippen molar-refractivity contribution in [1.29, 1.82) is 5.26 Å². The van der Waals surface area contributed by atoms with Crippen molar-refractivity contribution in [2.24, 2.45) is 11.3 Å². The average Bonchev–Trinajstić information content (AvgIpc) is 2.89. The summed E-state index contributed by atoms with van der Waals surface area (Å²) in [6, 6.07) is 2.41. The minimum absolute atomic E-state index is 0.159. The van der Waals surface area contributed by atoms with Crippen LogP contribution in [0.2, 0.25) is 0 Å². The van der Waals surface area contributed by atoms with Crippen LogP contribution in [-0.4, -0.2) is 11.4 Å². The van der Waals surface area contributed by atoms with Crippen LogP contribution in [-0.2, 0) is 4.79 Å². The number of carbonyl (C=O) groups is 1. The summed E-state index contributed by atoms with van der Waals surface area (Å²) >= 11 is 0. The minimum Gasteiger partial charge on any atom is -0.337 e. The van der Waals surface area contributed by atoms with Crippen molar-refractivity contribution in [3.63, 3.8) is 0 Å². The second kappa shape index (κ2) is 6.16. The number of hydrogen-bond donors (Lipinski definition) is 1. The molecule has 2 saturated carbocycles. The molecule has 2 aliphatic rings. The van der Waals surface area contributed by atoms with E-state index in [0.717, 1.165) is 57.8 Å². The molecule has 112 valence electrons. The standard InChI is InChI=1S/C17H28N2O/c1-14(2)12-16(8-6-7-9-16)15(20)19-17(13-18)10-4-3-5-11-17/h14H,3-12H2,1-2H3,(H,19,20). The van der Waals surface area contributed by atoms with Gasteiger partial charge in [0.15, 0.2) is 0 Å². The molecule has 2 rings (SSSR count). The summed E-state index contributed by atoms with van der Waals surface area (Å²) in [6.45, 7) is 4.38. The third kappa shape index (κ3) is 3.16. The number of nitriles is 1. The normalized spacial score (nSPS) is 24.3. The van der Waals surface area contributed by atoms with Crippen LogP contribution in [0.5, 0.6) is 0 Å². The van der Waals surface area contributed by atoms with Crippen molar-refractivity contribution in [1.82, 2.24) is 5.32 Å². The lowest BCUT2D eigenvalue weighted by atomic mass is 9.75. The van der Waals surface area contributed by atoms with Crippen molar-refractivity contribution in [3.05, 3.63) is 0 Å². The third-order valence-electron chi connectivity index (χ3n) is 5.12. The molecule has 3 heteroatoms. The maximum Gasteiger partial charge on any atom is 0.227 e. The van der Waals surface area contributed by atoms with Crippen molar-refractivity contribution in [2.75, 3.05) is 0 Å². The molecule has 20 heavy (non-hydrogen) atoms. The first-order valence-electron chi connectivity index (χ1n) is 8.26. The Morgan fingerprint density at radius 2 is 1.65 bits per heavy atom. The first kappa shape index (κ1) is 15.4. The van der Waals surface area contributed by atoms with E-state index in [4.69, 9.17) is 0 Å². The first-order chi connectivity index (χ1) is 9.52. The van der Waals surface area contributed by atoms with Gasteiger partial charge >= 0.3 is 0 Å². The fraction of sp³-hybridized carbons (Fsp3) is 0.882. The molecule has 0 saturated heterocycles. The summed E-state index contributed by atoms with van der Waals surface area (Å²) in [5.74, 6) is 0.690. The Balaban J connectivity index is 2.10. The van der Waals surface area contributed by atoms with Crippen LogP contribution in [0.3, 0.4) is 0 Å². The largest absolute Gasteiger partial charge is 0.337 e. The van der Waals surface area contributed by atoms with E-state index in [2.05, 4.69) is 25.2 Å². The van der Waals surface area contributed by atoms with Gasteiger partial charge in [0.25, 0.3) is 0 Å². The highest BCUT2D eigenvalue weighted by atomic mass is 16.2. The SMILES string of the molecule is CC(C)CC1(C(=O)NC2(C#N)CCCCC2)CCCC1. The van der Waals surface area contributed by atoms with Crippen molar-refractivity contribution in [2.45, 2.75) is 83.6 Å². The van der Waals surface area contributed by atoms with Crippen LogP contribution in [0.4, 0.5) is 0 Å². The van der Waals surface area contributed by atoms with Crippen molar-refractivity contribution >= 4 is 5.91 Å². The Morgan fingerprint density at radius 1 is 1.10 bits per heavy atom. The number of rotatable bonds is 4. The summed E-state index contributed by atoms with van der Waals surface area (Å²) < 4.78 is 0. The predicted octanol–water partition coefficient (Wildman–Crippen LogP) is 3.94. The first-order valence-corrected chi connectivity index (χ1v) is 8.26. The molecule has 3 nitrogen and oxygen atoms in total. The van der Waals surface area contributed by atoms with Gasteiger partial charge in [-0.2, -0.15) is 5.26 Å². The van der Waals surface area contributed by atoms with Gasteiger partial charge in [0.2, 0.25) is 5.91 Å². The maximum atomic E-state index is 12.9. The highest BCUT2D eigenvalue weighted by molar-refractivity contribution is 5.84. The molecule has 1 amide bonds. The number of nitrogens with one attached hydrogen (secondary N) is 1. The Kier molecular flexibility index (Phi) is 4.73. The van der Waals surface area contributed by atoms with Crippen LogP contribution >= 0.6 is 0 Å². The van der Waals surface area contributed by atoms with E-state index in [1.165, 1.54) is 6.42 Å². The number of amides is 1. The molecule has 0 radical (unpaired) electrons. The van der Waals surface area contributed by atoms with Crippen LogP contribution in [0.25, 0.3) is 0 Å². The van der Waals surface area contributed by atoms with E-state index < -0.39 is 5.54 Å². The van der Waals surface area contributed by atoms with Gasteiger partial charge < -0.3 is 5.32 Å². The van der Waals surface area contributed by atoms with Crippen LogP contribution < -0.4 is 5.32 Å². The quantitative estimate of drug-likeness (QED) is 0.845. The molecule has 0 spiro atoms. The van der Waals surface area contributed by atoms with E-state index >= 15 is 0 Å². The molecule has 0 aromatic carbocycles. The second-order valence-corrected chi connectivity index (χ2v) is 7.29. The Labute approximate surface area is 123 Å². The predicted molar refractivity (Wildman–Crippen MR) is 79.9 cm³/mol. The van der Waals surface area contributed by atoms with Crippen molar-refractivity contribution < 1.29 is 4.79 Å². The summed E-state index contributed by atoms with van der Waals surface area (Å²) in [7, 11) is 0. The maximum absolute atomic E-state index is 12.9. The summed E-state index contributed by atoms with van der Waals surface area (Å²) in [6.07, 6.45) is 10.2. The average molecular weight is 276 g/mol. The van der Waals surface area contributed by atoms with Crippen LogP contribution in [0.1, 0.15) is 78.1 Å². The molecular weight excluding hydrogens is 248 g/mol. The van der Waals surface area contributed by atoms with Crippen LogP contribution in [0.15, 0.2) is 0 Å². The van der Waals surface area contributed by atoms with Gasteiger partial charge in [0, 0.05) is 5.41 Å². The fourth-order valence-corrected chi connectivity index (χ4v) is 4.13. The molecular formula is C17H28N2O. The molecule has 0 aromatic heterocycles. The number of nitrogens with zero attached hydrogens (tertiary/aromatic N) is 1. The van der Waals surface area contributed by atoms with E-state index in [-0.39, 0.29) is 11.3 Å². The number of hydrogen-bond acceptors (Lipinski definition) is 2. The van der Waals surface area contributed by atoms with E-state index in [1.54, 1.807) is 0 Å². The lowest BCUT2D eigenvalue weighted by Crippen LogP contribution is -2.53. The molecule has 0 atom stereocenters. The highest BCUT2D eigenvalue weighted by Crippen LogP contribution is 2.44. The zero-order valence-corrected chi connectivity index (χ0v) is 13.0. The van der Waals surface area contributed by atoms with Gasteiger partial charge in [-0.05, 0) is 38.0 Å². The molecule has 0 bridgehead atoms. The van der Waals surface area contributed by atoms with Crippen LogP contribution in [0, 0.1) is 22.7 Å². The third-order valence-corrected chi connectivity index (χ3v) is 5.12. The molecule has 1 N–H and O–H groups in total. The highest BCUT2D eigenvalue weighted by Gasteiger charge is 2.45. The molecule has 0 unspecified atom stereocenters. The van der Waals surface area contributed by atoms with E-state index in [0.29, 0.717) is 5.92 Å². The van der Waals surface area contributed by atoms with E-state index in [1.807, 2.05) is 0 Å². The summed E-state index contributed by atoms with van der Waals surface area (Å²) in [5.41, 5.74) is -0.780. The molecule has 0 aliphatic heterocycles. The second-order valence-electron chi connectivity index (χ2n) is 7.29. The Morgan fingerprint density at radius 3 is 2.15 bits per heavy atom. The fourth-order valence-electron chi connectivity index (χ4n) is 4.13. The molecule has 0 heterocycles. The molecule has 0 aromatic rings. The van der Waals surface area contributed by atoms with Crippen molar-refractivity contribution in [3.8, 4) is 6.07 Å². The summed E-state index contributed by atoms with van der Waals surface area (Å²) in [5, 5.41) is 12.7. The van der Waals surface area contributed by atoms with Gasteiger partial charge in [-0.1, -0.05) is 46.0 Å². The molecule has 2 aliphatic carbocycles. The molecule has 2 fully saturated rings. The van der Waals surface area contributed by atoms with Gasteiger partial charge in [0.1, 0.15) is 5.54 Å². The topological polar surface area (TPSA) is 52.9 Å². The smallest absolute Gasteiger partial charge is 0.227 e. The zero-order valence-electron chi connectivity index (χ0n) is 13.0. The lowest BCUT2D eigenvalue weighted by Gasteiger charge is -2.37. The minimum atomic E-state index is -0.581. The van der Waals surface area contributed by atoms with E-state index in [9.17, 15) is 10.1 Å². The number of carbonyl (C=O) groups excluding carboxylic acids is 1. The monoisotopic (exact) mass is 276 g/mol. The van der Waals surface area contributed by atoms with Gasteiger partial charge in [-0.25, -0.2) is 0 Å². The lowest BCUT2D eigenvalue weighted by molar-refractivity contribution is -0.133. The van der Waals surface area contributed by atoms with Gasteiger partial charge in [0.05, 0.1) is 6.07 Å². The van der Waals surface area contributed by atoms with Gasteiger partial charge in [-0.3, -0.25) is 4.79 Å². The van der Waals surface area contributed by atoms with Gasteiger partial charge in [-0.15, -0.1) is 0 Å². The Hall–Kier alpha value is -1.04. The Bertz CT molecular complexity index is 382. The summed E-state index contributed by atoms with van der Waals surface area (Å²) in [4.78, 5) is 12.9. The zero-order chi connectivity index (χ0) is 14.6.